The number of rotatable bonds is 8. The summed E-state index contributed by atoms with van der Waals surface area (Å²) in [6.07, 6.45) is -3.27. The van der Waals surface area contributed by atoms with Crippen molar-refractivity contribution in [3.63, 3.8) is 0 Å². The topological polar surface area (TPSA) is 82.2 Å². The summed E-state index contributed by atoms with van der Waals surface area (Å²) in [6, 6.07) is 9.15. The van der Waals surface area contributed by atoms with E-state index in [1.54, 1.807) is 18.2 Å². The fourth-order valence-electron chi connectivity index (χ4n) is 2.52. The molecule has 0 aliphatic heterocycles. The quantitative estimate of drug-likeness (QED) is 0.551. The summed E-state index contributed by atoms with van der Waals surface area (Å²) in [5, 5.41) is 11.3. The molecule has 1 aromatic carbocycles. The van der Waals surface area contributed by atoms with Crippen LogP contribution >= 0.6 is 11.8 Å². The van der Waals surface area contributed by atoms with E-state index in [0.717, 1.165) is 0 Å². The van der Waals surface area contributed by atoms with Gasteiger partial charge in [0, 0.05) is 18.7 Å². The highest BCUT2D eigenvalue weighted by molar-refractivity contribution is 7.99. The number of benzene rings is 1. The standard InChI is InChI=1S/C18H17F3N4O3S/c1-2-25-16(14-8-5-9-27-14)23-24-17(25)29-11-15(26)22-10-12-6-3-4-7-13(12)28-18(19,20)21/h3-9H,2,10-11H2,1H3,(H,22,26). The van der Waals surface area contributed by atoms with Crippen LogP contribution in [0.25, 0.3) is 11.6 Å². The van der Waals surface area contributed by atoms with Gasteiger partial charge in [0.15, 0.2) is 16.7 Å². The molecule has 0 saturated heterocycles. The van der Waals surface area contributed by atoms with Crippen LogP contribution in [0.1, 0.15) is 12.5 Å². The predicted octanol–water partition coefficient (Wildman–Crippen LogP) is 3.87. The minimum atomic E-state index is -4.80. The van der Waals surface area contributed by atoms with Crippen molar-refractivity contribution in [3.8, 4) is 17.3 Å². The first-order valence-corrected chi connectivity index (χ1v) is 9.56. The van der Waals surface area contributed by atoms with E-state index in [0.29, 0.717) is 23.3 Å². The Labute approximate surface area is 168 Å². The van der Waals surface area contributed by atoms with Gasteiger partial charge < -0.3 is 14.5 Å². The zero-order valence-electron chi connectivity index (χ0n) is 15.3. The van der Waals surface area contributed by atoms with Gasteiger partial charge in [0.05, 0.1) is 12.0 Å². The van der Waals surface area contributed by atoms with E-state index in [-0.39, 0.29) is 29.5 Å². The number of para-hydroxylation sites is 1. The molecule has 29 heavy (non-hydrogen) atoms. The van der Waals surface area contributed by atoms with E-state index in [1.807, 2.05) is 11.5 Å². The van der Waals surface area contributed by atoms with E-state index >= 15 is 0 Å². The summed E-state index contributed by atoms with van der Waals surface area (Å²) in [4.78, 5) is 12.2. The highest BCUT2D eigenvalue weighted by Gasteiger charge is 2.32. The third-order valence-electron chi connectivity index (χ3n) is 3.78. The van der Waals surface area contributed by atoms with Crippen molar-refractivity contribution in [1.82, 2.24) is 20.1 Å². The Morgan fingerprint density at radius 1 is 1.24 bits per heavy atom. The van der Waals surface area contributed by atoms with Crippen LogP contribution < -0.4 is 10.1 Å². The van der Waals surface area contributed by atoms with Crippen molar-refractivity contribution in [2.75, 3.05) is 5.75 Å². The van der Waals surface area contributed by atoms with E-state index in [4.69, 9.17) is 4.42 Å². The summed E-state index contributed by atoms with van der Waals surface area (Å²) in [6.45, 7) is 2.40. The molecule has 0 radical (unpaired) electrons. The maximum absolute atomic E-state index is 12.5. The number of amides is 1. The number of halogens is 3. The van der Waals surface area contributed by atoms with Crippen LogP contribution in [0.5, 0.6) is 5.75 Å². The number of alkyl halides is 3. The molecule has 3 aromatic rings. The lowest BCUT2D eigenvalue weighted by Gasteiger charge is -2.13. The Balaban J connectivity index is 1.58. The second-order valence-electron chi connectivity index (χ2n) is 5.75. The minimum absolute atomic E-state index is 0.0264. The molecule has 7 nitrogen and oxygen atoms in total. The molecule has 154 valence electrons. The van der Waals surface area contributed by atoms with Crippen molar-refractivity contribution in [2.24, 2.45) is 0 Å². The summed E-state index contributed by atoms with van der Waals surface area (Å²) in [5.41, 5.74) is 0.222. The molecule has 11 heteroatoms. The van der Waals surface area contributed by atoms with Gasteiger partial charge in [0.1, 0.15) is 5.75 Å². The molecule has 1 N–H and O–H groups in total. The Bertz CT molecular complexity index is 958. The highest BCUT2D eigenvalue weighted by atomic mass is 32.2. The van der Waals surface area contributed by atoms with Crippen LogP contribution in [-0.2, 0) is 17.9 Å². The second kappa shape index (κ2) is 9.03. The zero-order valence-corrected chi connectivity index (χ0v) is 16.1. The third kappa shape index (κ3) is 5.53. The van der Waals surface area contributed by atoms with E-state index in [2.05, 4.69) is 20.3 Å². The smallest absolute Gasteiger partial charge is 0.461 e. The molecular weight excluding hydrogens is 409 g/mol. The van der Waals surface area contributed by atoms with Crippen LogP contribution in [-0.4, -0.2) is 32.8 Å². The fraction of sp³-hybridized carbons (Fsp3) is 0.278. The van der Waals surface area contributed by atoms with Crippen LogP contribution in [0.2, 0.25) is 0 Å². The van der Waals surface area contributed by atoms with Gasteiger partial charge >= 0.3 is 6.36 Å². The number of nitrogens with one attached hydrogen (secondary N) is 1. The molecule has 0 aliphatic carbocycles. The molecule has 0 bridgehead atoms. The zero-order chi connectivity index (χ0) is 20.9. The molecular formula is C18H17F3N4O3S. The van der Waals surface area contributed by atoms with Gasteiger partial charge in [-0.3, -0.25) is 9.36 Å². The van der Waals surface area contributed by atoms with Crippen molar-refractivity contribution < 1.29 is 27.1 Å². The fourth-order valence-corrected chi connectivity index (χ4v) is 3.35. The van der Waals surface area contributed by atoms with Gasteiger partial charge in [0.2, 0.25) is 5.91 Å². The van der Waals surface area contributed by atoms with Crippen molar-refractivity contribution in [3.05, 3.63) is 48.2 Å². The Morgan fingerprint density at radius 3 is 2.72 bits per heavy atom. The number of carbonyl (C=O) groups excluding carboxylic acids is 1. The van der Waals surface area contributed by atoms with Crippen LogP contribution in [0, 0.1) is 0 Å². The molecule has 0 spiro atoms. The SMILES string of the molecule is CCn1c(SCC(=O)NCc2ccccc2OC(F)(F)F)nnc1-c1ccco1. The lowest BCUT2D eigenvalue weighted by atomic mass is 10.2. The molecule has 0 aliphatic rings. The molecule has 0 unspecified atom stereocenters. The number of thioether (sulfide) groups is 1. The molecule has 2 heterocycles. The Morgan fingerprint density at radius 2 is 2.03 bits per heavy atom. The lowest BCUT2D eigenvalue weighted by Crippen LogP contribution is -2.26. The maximum Gasteiger partial charge on any atom is 0.573 e. The average Bonchev–Trinajstić information content (AvgIpc) is 3.33. The lowest BCUT2D eigenvalue weighted by molar-refractivity contribution is -0.274. The summed E-state index contributed by atoms with van der Waals surface area (Å²) < 4.78 is 48.5. The molecule has 0 atom stereocenters. The van der Waals surface area contributed by atoms with Gasteiger partial charge in [-0.2, -0.15) is 0 Å². The van der Waals surface area contributed by atoms with E-state index < -0.39 is 6.36 Å². The van der Waals surface area contributed by atoms with Crippen LogP contribution in [0.4, 0.5) is 13.2 Å². The number of hydrogen-bond acceptors (Lipinski definition) is 6. The van der Waals surface area contributed by atoms with Gasteiger partial charge in [0.25, 0.3) is 0 Å². The first-order chi connectivity index (χ1) is 13.9. The molecule has 0 fully saturated rings. The largest absolute Gasteiger partial charge is 0.573 e. The predicted molar refractivity (Wildman–Crippen MR) is 99.1 cm³/mol. The molecule has 2 aromatic heterocycles. The van der Waals surface area contributed by atoms with Crippen molar-refractivity contribution in [1.29, 1.82) is 0 Å². The first kappa shape index (κ1) is 20.8. The maximum atomic E-state index is 12.5. The summed E-state index contributed by atoms with van der Waals surface area (Å²) in [5.74, 6) is 0.442. The number of carbonyl (C=O) groups is 1. The number of ether oxygens (including phenoxy) is 1. The summed E-state index contributed by atoms with van der Waals surface area (Å²) in [7, 11) is 0. The van der Waals surface area contributed by atoms with Gasteiger partial charge in [-0.25, -0.2) is 0 Å². The van der Waals surface area contributed by atoms with E-state index in [9.17, 15) is 18.0 Å². The van der Waals surface area contributed by atoms with Gasteiger partial charge in [-0.15, -0.1) is 23.4 Å². The molecule has 0 saturated carbocycles. The number of nitrogens with zero attached hydrogens (tertiary/aromatic N) is 3. The normalized spacial score (nSPS) is 11.4. The van der Waals surface area contributed by atoms with Crippen molar-refractivity contribution in [2.45, 2.75) is 31.5 Å². The molecule has 3 rings (SSSR count). The average molecular weight is 426 g/mol. The van der Waals surface area contributed by atoms with E-state index in [1.165, 1.54) is 36.2 Å². The van der Waals surface area contributed by atoms with Gasteiger partial charge in [-0.05, 0) is 25.1 Å². The van der Waals surface area contributed by atoms with Crippen LogP contribution in [0.3, 0.4) is 0 Å². The highest BCUT2D eigenvalue weighted by Crippen LogP contribution is 2.26. The van der Waals surface area contributed by atoms with Crippen LogP contribution in [0.15, 0.2) is 52.2 Å². The monoisotopic (exact) mass is 426 g/mol. The van der Waals surface area contributed by atoms with Crippen molar-refractivity contribution >= 4 is 17.7 Å². The Hall–Kier alpha value is -2.95. The number of furan rings is 1. The first-order valence-electron chi connectivity index (χ1n) is 8.57. The second-order valence-corrected chi connectivity index (χ2v) is 6.69. The van der Waals surface area contributed by atoms with Gasteiger partial charge in [-0.1, -0.05) is 30.0 Å². The number of aromatic nitrogens is 3. The molecule has 1 amide bonds. The third-order valence-corrected chi connectivity index (χ3v) is 4.75. The summed E-state index contributed by atoms with van der Waals surface area (Å²) >= 11 is 1.17. The number of hydrogen-bond donors (Lipinski definition) is 1. The minimum Gasteiger partial charge on any atom is -0.461 e. The Kier molecular flexibility index (Phi) is 6.47.